The summed E-state index contributed by atoms with van der Waals surface area (Å²) in [6.45, 7) is 1.81. The molecule has 10 heteroatoms. The molecule has 0 N–H and O–H groups in total. The number of ketones is 1. The van der Waals surface area contributed by atoms with E-state index in [9.17, 15) is 14.4 Å². The first-order valence-electron chi connectivity index (χ1n) is 7.10. The Kier molecular flexibility index (Phi) is 5.16. The summed E-state index contributed by atoms with van der Waals surface area (Å²) in [5.41, 5.74) is 1.23. The number of benzene rings is 1. The molecular formula is C15H11FN6OS2. The third kappa shape index (κ3) is 3.89. The van der Waals surface area contributed by atoms with Crippen LogP contribution in [0.25, 0.3) is 5.69 Å². The van der Waals surface area contributed by atoms with Gasteiger partial charge >= 0.3 is 0 Å². The van der Waals surface area contributed by atoms with Gasteiger partial charge in [-0.1, -0.05) is 17.8 Å². The van der Waals surface area contributed by atoms with Crippen molar-refractivity contribution in [3.8, 4) is 11.8 Å². The minimum absolute atomic E-state index is 0.00649. The number of nitriles is 1. The van der Waals surface area contributed by atoms with Crippen molar-refractivity contribution in [2.24, 2.45) is 0 Å². The van der Waals surface area contributed by atoms with Crippen molar-refractivity contribution in [3.63, 3.8) is 0 Å². The SMILES string of the molecule is Cc1csc(C(C#N)C(=O)CSc2nnnn2-c2cccc(F)c2)n1. The Labute approximate surface area is 150 Å². The number of thiazole rings is 1. The Bertz CT molecular complexity index is 947. The van der Waals surface area contributed by atoms with Gasteiger partial charge in [-0.15, -0.1) is 16.4 Å². The maximum absolute atomic E-state index is 13.4. The Morgan fingerprint density at radius 2 is 2.36 bits per heavy atom. The van der Waals surface area contributed by atoms with E-state index in [1.54, 1.807) is 24.4 Å². The van der Waals surface area contributed by atoms with Gasteiger partial charge in [0.1, 0.15) is 10.8 Å². The van der Waals surface area contributed by atoms with Crippen molar-refractivity contribution in [3.05, 3.63) is 46.2 Å². The molecule has 0 aliphatic carbocycles. The zero-order valence-electron chi connectivity index (χ0n) is 13.0. The fraction of sp³-hybridized carbons (Fsp3) is 0.200. The van der Waals surface area contributed by atoms with E-state index in [2.05, 4.69) is 20.5 Å². The summed E-state index contributed by atoms with van der Waals surface area (Å²) in [5, 5.41) is 23.1. The molecule has 0 saturated carbocycles. The van der Waals surface area contributed by atoms with E-state index >= 15 is 0 Å². The number of nitrogens with zero attached hydrogens (tertiary/aromatic N) is 6. The van der Waals surface area contributed by atoms with Crippen molar-refractivity contribution >= 4 is 28.9 Å². The molecule has 2 heterocycles. The average Bonchev–Trinajstić information content (AvgIpc) is 3.23. The van der Waals surface area contributed by atoms with Crippen molar-refractivity contribution < 1.29 is 9.18 Å². The van der Waals surface area contributed by atoms with Gasteiger partial charge in [-0.3, -0.25) is 4.79 Å². The number of Topliss-reactive ketones (excluding diaryl/α,β-unsaturated/α-hetero) is 1. The van der Waals surface area contributed by atoms with E-state index in [0.717, 1.165) is 17.5 Å². The molecule has 0 amide bonds. The van der Waals surface area contributed by atoms with Gasteiger partial charge in [0.25, 0.3) is 0 Å². The molecule has 126 valence electrons. The molecule has 0 bridgehead atoms. The van der Waals surface area contributed by atoms with Crippen LogP contribution in [0.4, 0.5) is 4.39 Å². The molecule has 25 heavy (non-hydrogen) atoms. The number of carbonyl (C=O) groups excluding carboxylic acids is 1. The summed E-state index contributed by atoms with van der Waals surface area (Å²) in [6, 6.07) is 7.80. The molecule has 0 radical (unpaired) electrons. The minimum atomic E-state index is -0.912. The zero-order valence-corrected chi connectivity index (χ0v) is 14.6. The first-order valence-corrected chi connectivity index (χ1v) is 8.96. The van der Waals surface area contributed by atoms with Gasteiger partial charge in [0.2, 0.25) is 5.16 Å². The van der Waals surface area contributed by atoms with Gasteiger partial charge in [0.15, 0.2) is 11.7 Å². The number of aromatic nitrogens is 5. The van der Waals surface area contributed by atoms with Crippen LogP contribution in [-0.2, 0) is 4.79 Å². The Morgan fingerprint density at radius 3 is 3.04 bits per heavy atom. The van der Waals surface area contributed by atoms with Gasteiger partial charge in [0.05, 0.1) is 17.5 Å². The fourth-order valence-corrected chi connectivity index (χ4v) is 3.68. The maximum Gasteiger partial charge on any atom is 0.214 e. The molecule has 0 saturated heterocycles. The van der Waals surface area contributed by atoms with Gasteiger partial charge in [0, 0.05) is 11.1 Å². The van der Waals surface area contributed by atoms with Crippen molar-refractivity contribution in [1.29, 1.82) is 5.26 Å². The first-order chi connectivity index (χ1) is 12.1. The van der Waals surface area contributed by atoms with Crippen molar-refractivity contribution in [2.45, 2.75) is 18.0 Å². The lowest BCUT2D eigenvalue weighted by atomic mass is 10.1. The Hall–Kier alpha value is -2.64. The number of hydrogen-bond donors (Lipinski definition) is 0. The standard InChI is InChI=1S/C15H11FN6OS2/c1-9-7-24-14(18-9)12(6-17)13(23)8-25-15-19-20-21-22(15)11-4-2-3-10(16)5-11/h2-5,7,12H,8H2,1H3. The lowest BCUT2D eigenvalue weighted by molar-refractivity contribution is -0.116. The highest BCUT2D eigenvalue weighted by atomic mass is 32.2. The Balaban J connectivity index is 1.73. The molecule has 2 aromatic heterocycles. The first kappa shape index (κ1) is 17.2. The van der Waals surface area contributed by atoms with Crippen LogP contribution < -0.4 is 0 Å². The normalized spacial score (nSPS) is 11.9. The van der Waals surface area contributed by atoms with E-state index in [4.69, 9.17) is 0 Å². The molecule has 3 aromatic rings. The monoisotopic (exact) mass is 374 g/mol. The highest BCUT2D eigenvalue weighted by Gasteiger charge is 2.24. The third-order valence-corrected chi connectivity index (χ3v) is 5.14. The fourth-order valence-electron chi connectivity index (χ4n) is 2.03. The molecule has 0 fully saturated rings. The lowest BCUT2D eigenvalue weighted by Crippen LogP contribution is -2.13. The number of tetrazole rings is 1. The van der Waals surface area contributed by atoms with E-state index in [1.165, 1.54) is 28.2 Å². The van der Waals surface area contributed by atoms with E-state index in [0.29, 0.717) is 15.9 Å². The summed E-state index contributed by atoms with van der Waals surface area (Å²) in [4.78, 5) is 16.6. The van der Waals surface area contributed by atoms with E-state index < -0.39 is 11.7 Å². The molecule has 0 aliphatic rings. The largest absolute Gasteiger partial charge is 0.297 e. The summed E-state index contributed by atoms with van der Waals surface area (Å²) >= 11 is 2.37. The molecule has 7 nitrogen and oxygen atoms in total. The maximum atomic E-state index is 13.4. The van der Waals surface area contributed by atoms with Crippen LogP contribution >= 0.6 is 23.1 Å². The molecule has 1 aromatic carbocycles. The smallest absolute Gasteiger partial charge is 0.214 e. The topological polar surface area (TPSA) is 97.4 Å². The number of halogens is 1. The predicted octanol–water partition coefficient (Wildman–Crippen LogP) is 2.53. The zero-order chi connectivity index (χ0) is 17.8. The van der Waals surface area contributed by atoms with Crippen LogP contribution in [0.15, 0.2) is 34.8 Å². The number of thioether (sulfide) groups is 1. The summed E-state index contributed by atoms with van der Waals surface area (Å²) in [5.74, 6) is -1.60. The van der Waals surface area contributed by atoms with Crippen LogP contribution in [0.2, 0.25) is 0 Å². The molecule has 3 rings (SSSR count). The molecule has 1 unspecified atom stereocenters. The van der Waals surface area contributed by atoms with Crippen LogP contribution in [0.1, 0.15) is 16.6 Å². The van der Waals surface area contributed by atoms with E-state index in [-0.39, 0.29) is 11.5 Å². The van der Waals surface area contributed by atoms with Crippen LogP contribution in [0.5, 0.6) is 0 Å². The summed E-state index contributed by atoms with van der Waals surface area (Å²) < 4.78 is 14.7. The number of rotatable bonds is 6. The van der Waals surface area contributed by atoms with Crippen molar-refractivity contribution in [2.75, 3.05) is 5.75 Å². The number of aryl methyl sites for hydroxylation is 1. The van der Waals surface area contributed by atoms with Gasteiger partial charge in [-0.25, -0.2) is 9.37 Å². The van der Waals surface area contributed by atoms with E-state index in [1.807, 2.05) is 6.07 Å². The second-order valence-electron chi connectivity index (χ2n) is 5.00. The van der Waals surface area contributed by atoms with Crippen LogP contribution in [-0.4, -0.2) is 36.7 Å². The van der Waals surface area contributed by atoms with Gasteiger partial charge in [-0.05, 0) is 35.5 Å². The van der Waals surface area contributed by atoms with Crippen LogP contribution in [0.3, 0.4) is 0 Å². The molecular weight excluding hydrogens is 363 g/mol. The summed E-state index contributed by atoms with van der Waals surface area (Å²) in [6.07, 6.45) is 0. The lowest BCUT2D eigenvalue weighted by Gasteiger charge is -2.06. The molecule has 0 spiro atoms. The van der Waals surface area contributed by atoms with Gasteiger partial charge < -0.3 is 0 Å². The second kappa shape index (κ2) is 7.50. The predicted molar refractivity (Wildman–Crippen MR) is 90.0 cm³/mol. The molecule has 0 aliphatic heterocycles. The van der Waals surface area contributed by atoms with Crippen LogP contribution in [0, 0.1) is 24.1 Å². The number of carbonyl (C=O) groups is 1. The second-order valence-corrected chi connectivity index (χ2v) is 6.83. The number of hydrogen-bond acceptors (Lipinski definition) is 8. The highest BCUT2D eigenvalue weighted by molar-refractivity contribution is 7.99. The minimum Gasteiger partial charge on any atom is -0.297 e. The third-order valence-electron chi connectivity index (χ3n) is 3.17. The Morgan fingerprint density at radius 1 is 1.52 bits per heavy atom. The summed E-state index contributed by atoms with van der Waals surface area (Å²) in [7, 11) is 0. The van der Waals surface area contributed by atoms with Crippen molar-refractivity contribution in [1.82, 2.24) is 25.2 Å². The molecule has 1 atom stereocenters. The van der Waals surface area contributed by atoms with Gasteiger partial charge in [-0.2, -0.15) is 9.94 Å². The quantitative estimate of drug-likeness (QED) is 0.612. The average molecular weight is 374 g/mol. The highest BCUT2D eigenvalue weighted by Crippen LogP contribution is 2.25.